The molecule has 1 nitrogen and oxygen atoms in total. The lowest BCUT2D eigenvalue weighted by atomic mass is 9.92. The van der Waals surface area contributed by atoms with Gasteiger partial charge in [0.05, 0.1) is 0 Å². The fourth-order valence-corrected chi connectivity index (χ4v) is 2.21. The van der Waals surface area contributed by atoms with Gasteiger partial charge in [-0.3, -0.25) is 4.79 Å². The number of halogens is 1. The fourth-order valence-electron chi connectivity index (χ4n) is 1.84. The summed E-state index contributed by atoms with van der Waals surface area (Å²) in [6.07, 6.45) is 2.83. The first-order valence-corrected chi connectivity index (χ1v) is 6.67. The van der Waals surface area contributed by atoms with Crippen molar-refractivity contribution in [2.24, 2.45) is 5.92 Å². The lowest BCUT2D eigenvalue weighted by Crippen LogP contribution is -2.08. The van der Waals surface area contributed by atoms with Crippen LogP contribution in [0.25, 0.3) is 0 Å². The van der Waals surface area contributed by atoms with E-state index in [0.717, 1.165) is 28.4 Å². The zero-order chi connectivity index (χ0) is 12.1. The molecule has 0 unspecified atom stereocenters. The van der Waals surface area contributed by atoms with Crippen molar-refractivity contribution < 1.29 is 4.79 Å². The summed E-state index contributed by atoms with van der Waals surface area (Å²) in [7, 11) is 0. The summed E-state index contributed by atoms with van der Waals surface area (Å²) in [6.45, 7) is 6.29. The second-order valence-electron chi connectivity index (χ2n) is 4.27. The number of ketones is 1. The van der Waals surface area contributed by atoms with Crippen LogP contribution < -0.4 is 0 Å². The highest BCUT2D eigenvalue weighted by atomic mass is 79.9. The maximum Gasteiger partial charge on any atom is 0.163 e. The molecule has 0 fully saturated rings. The van der Waals surface area contributed by atoms with Gasteiger partial charge < -0.3 is 0 Å². The van der Waals surface area contributed by atoms with Gasteiger partial charge in [0.2, 0.25) is 0 Å². The third-order valence-electron chi connectivity index (χ3n) is 3.13. The predicted octanol–water partition coefficient (Wildman–Crippen LogP) is 4.77. The Labute approximate surface area is 106 Å². The van der Waals surface area contributed by atoms with Gasteiger partial charge in [-0.05, 0) is 30.5 Å². The van der Waals surface area contributed by atoms with Crippen LogP contribution in [0.4, 0.5) is 0 Å². The minimum Gasteiger partial charge on any atom is -0.294 e. The van der Waals surface area contributed by atoms with Crippen molar-refractivity contribution in [1.82, 2.24) is 0 Å². The fraction of sp³-hybridized carbons (Fsp3) is 0.500. The summed E-state index contributed by atoms with van der Waals surface area (Å²) in [5.41, 5.74) is 1.93. The van der Waals surface area contributed by atoms with Gasteiger partial charge in [-0.15, -0.1) is 0 Å². The average molecular weight is 283 g/mol. The van der Waals surface area contributed by atoms with Crippen LogP contribution in [0.5, 0.6) is 0 Å². The Balaban J connectivity index is 2.83. The second kappa shape index (κ2) is 6.19. The molecule has 0 aliphatic carbocycles. The summed E-state index contributed by atoms with van der Waals surface area (Å²) in [6, 6.07) is 5.90. The van der Waals surface area contributed by atoms with Gasteiger partial charge in [-0.1, -0.05) is 48.7 Å². The zero-order valence-corrected chi connectivity index (χ0v) is 11.8. The normalized spacial score (nSPS) is 10.8. The van der Waals surface area contributed by atoms with E-state index in [-0.39, 0.29) is 5.78 Å². The molecular formula is C14H19BrO. The maximum atomic E-state index is 12.1. The molecule has 1 aromatic carbocycles. The molecule has 0 atom stereocenters. The number of Topliss-reactive ketones (excluding diaryl/α,β-unsaturated/α-hetero) is 1. The minimum atomic E-state index is 0.271. The van der Waals surface area contributed by atoms with Crippen LogP contribution in [0.2, 0.25) is 0 Å². The Morgan fingerprint density at radius 3 is 2.50 bits per heavy atom. The maximum absolute atomic E-state index is 12.1. The van der Waals surface area contributed by atoms with Gasteiger partial charge >= 0.3 is 0 Å². The van der Waals surface area contributed by atoms with Crippen LogP contribution in [-0.2, 0) is 0 Å². The summed E-state index contributed by atoms with van der Waals surface area (Å²) in [5, 5.41) is 0. The second-order valence-corrected chi connectivity index (χ2v) is 5.18. The Morgan fingerprint density at radius 2 is 1.94 bits per heavy atom. The van der Waals surface area contributed by atoms with Crippen molar-refractivity contribution in [2.75, 3.05) is 0 Å². The largest absolute Gasteiger partial charge is 0.294 e. The van der Waals surface area contributed by atoms with E-state index in [0.29, 0.717) is 12.3 Å². The van der Waals surface area contributed by atoms with E-state index in [4.69, 9.17) is 0 Å². The highest BCUT2D eigenvalue weighted by Gasteiger charge is 2.14. The highest BCUT2D eigenvalue weighted by molar-refractivity contribution is 9.10. The molecule has 1 aromatic rings. The lowest BCUT2D eigenvalue weighted by molar-refractivity contribution is 0.0958. The van der Waals surface area contributed by atoms with Gasteiger partial charge in [0, 0.05) is 16.5 Å². The summed E-state index contributed by atoms with van der Waals surface area (Å²) >= 11 is 3.41. The van der Waals surface area contributed by atoms with Crippen molar-refractivity contribution in [2.45, 2.75) is 40.0 Å². The highest BCUT2D eigenvalue weighted by Crippen LogP contribution is 2.21. The summed E-state index contributed by atoms with van der Waals surface area (Å²) in [4.78, 5) is 12.1. The van der Waals surface area contributed by atoms with Crippen LogP contribution >= 0.6 is 15.9 Å². The monoisotopic (exact) mass is 282 g/mol. The number of carbonyl (C=O) groups excluding carboxylic acids is 1. The van der Waals surface area contributed by atoms with Crippen LogP contribution in [0, 0.1) is 12.8 Å². The van der Waals surface area contributed by atoms with Gasteiger partial charge in [0.25, 0.3) is 0 Å². The zero-order valence-electron chi connectivity index (χ0n) is 10.2. The van der Waals surface area contributed by atoms with Crippen LogP contribution in [0.1, 0.15) is 49.0 Å². The molecule has 0 saturated carbocycles. The minimum absolute atomic E-state index is 0.271. The Bertz CT molecular complexity index is 367. The first-order valence-electron chi connectivity index (χ1n) is 5.87. The van der Waals surface area contributed by atoms with Crippen molar-refractivity contribution >= 4 is 21.7 Å². The first kappa shape index (κ1) is 13.4. The number of hydrogen-bond acceptors (Lipinski definition) is 1. The molecular weight excluding hydrogens is 264 g/mol. The van der Waals surface area contributed by atoms with E-state index < -0.39 is 0 Å². The molecule has 0 amide bonds. The van der Waals surface area contributed by atoms with Gasteiger partial charge in [-0.2, -0.15) is 0 Å². The van der Waals surface area contributed by atoms with Crippen LogP contribution in [0.3, 0.4) is 0 Å². The average Bonchev–Trinajstić information content (AvgIpc) is 2.28. The van der Waals surface area contributed by atoms with Crippen LogP contribution in [0.15, 0.2) is 22.7 Å². The third-order valence-corrected chi connectivity index (χ3v) is 3.62. The molecule has 0 N–H and O–H groups in total. The molecule has 1 rings (SSSR count). The lowest BCUT2D eigenvalue weighted by Gasteiger charge is -2.12. The first-order chi connectivity index (χ1) is 7.58. The molecule has 0 aliphatic rings. The molecule has 2 heteroatoms. The Morgan fingerprint density at radius 1 is 1.31 bits per heavy atom. The number of carbonyl (C=O) groups is 1. The SMILES string of the molecule is CCC(CC)CC(=O)c1cc(Br)ccc1C. The van der Waals surface area contributed by atoms with Crippen molar-refractivity contribution in [3.8, 4) is 0 Å². The molecule has 0 aromatic heterocycles. The standard InChI is InChI=1S/C14H19BrO/c1-4-11(5-2)8-14(16)13-9-12(15)7-6-10(13)3/h6-7,9,11H,4-5,8H2,1-3H3. The third kappa shape index (κ3) is 3.44. The number of benzene rings is 1. The van der Waals surface area contributed by atoms with E-state index in [9.17, 15) is 4.79 Å². The van der Waals surface area contributed by atoms with Gasteiger partial charge in [-0.25, -0.2) is 0 Å². The smallest absolute Gasteiger partial charge is 0.163 e. The van der Waals surface area contributed by atoms with E-state index in [1.807, 2.05) is 25.1 Å². The summed E-state index contributed by atoms with van der Waals surface area (Å²) in [5.74, 6) is 0.790. The number of hydrogen-bond donors (Lipinski definition) is 0. The quantitative estimate of drug-likeness (QED) is 0.711. The molecule has 88 valence electrons. The molecule has 0 aliphatic heterocycles. The van der Waals surface area contributed by atoms with Crippen molar-refractivity contribution in [3.05, 3.63) is 33.8 Å². The Hall–Kier alpha value is -0.630. The van der Waals surface area contributed by atoms with E-state index >= 15 is 0 Å². The van der Waals surface area contributed by atoms with E-state index in [1.165, 1.54) is 0 Å². The predicted molar refractivity (Wildman–Crippen MR) is 71.9 cm³/mol. The molecule has 0 heterocycles. The topological polar surface area (TPSA) is 17.1 Å². The van der Waals surface area contributed by atoms with Gasteiger partial charge in [0.15, 0.2) is 5.78 Å². The molecule has 16 heavy (non-hydrogen) atoms. The van der Waals surface area contributed by atoms with Crippen molar-refractivity contribution in [3.63, 3.8) is 0 Å². The molecule has 0 bridgehead atoms. The molecule has 0 spiro atoms. The van der Waals surface area contributed by atoms with Crippen molar-refractivity contribution in [1.29, 1.82) is 0 Å². The number of rotatable bonds is 5. The number of aryl methyl sites for hydroxylation is 1. The Kier molecular flexibility index (Phi) is 5.20. The van der Waals surface area contributed by atoms with Gasteiger partial charge in [0.1, 0.15) is 0 Å². The van der Waals surface area contributed by atoms with E-state index in [1.54, 1.807) is 0 Å². The van der Waals surface area contributed by atoms with E-state index in [2.05, 4.69) is 29.8 Å². The van der Waals surface area contributed by atoms with Crippen LogP contribution in [-0.4, -0.2) is 5.78 Å². The molecule has 0 saturated heterocycles. The molecule has 0 radical (unpaired) electrons. The summed E-state index contributed by atoms with van der Waals surface area (Å²) < 4.78 is 0.978.